The van der Waals surface area contributed by atoms with Crippen molar-refractivity contribution >= 4 is 50.6 Å². The molecule has 3 aromatic rings. The largest absolute Gasteiger partial charge is 0.353 e. The van der Waals surface area contributed by atoms with Gasteiger partial charge in [0, 0.05) is 39.5 Å². The first-order valence-corrected chi connectivity index (χ1v) is 9.16. The van der Waals surface area contributed by atoms with Crippen LogP contribution in [0.15, 0.2) is 36.1 Å². The normalized spacial score (nSPS) is 11.3. The quantitative estimate of drug-likeness (QED) is 0.578. The van der Waals surface area contributed by atoms with Gasteiger partial charge in [0.25, 0.3) is 0 Å². The minimum atomic E-state index is 0.371. The van der Waals surface area contributed by atoms with Crippen molar-refractivity contribution in [3.05, 3.63) is 44.7 Å². The maximum absolute atomic E-state index is 4.56. The van der Waals surface area contributed by atoms with Gasteiger partial charge in [-0.15, -0.1) is 11.3 Å². The van der Waals surface area contributed by atoms with Crippen LogP contribution in [-0.4, -0.2) is 27.5 Å². The summed E-state index contributed by atoms with van der Waals surface area (Å²) in [6.07, 6.45) is 4.46. The van der Waals surface area contributed by atoms with E-state index in [4.69, 9.17) is 0 Å². The van der Waals surface area contributed by atoms with Crippen LogP contribution in [0.25, 0.3) is 10.9 Å². The Kier molecular flexibility index (Phi) is 4.87. The summed E-state index contributed by atoms with van der Waals surface area (Å²) in [7, 11) is 0. The average Bonchev–Trinajstić information content (AvgIpc) is 3.01. The van der Waals surface area contributed by atoms with Gasteiger partial charge >= 0.3 is 0 Å². The van der Waals surface area contributed by atoms with Gasteiger partial charge in [-0.1, -0.05) is 0 Å². The highest BCUT2D eigenvalue weighted by Crippen LogP contribution is 2.26. The standard InChI is InChI=1S/C16H17IN4S/c1-11(2)21(7-5-15-18-6-8-22-15)16-13-9-12(17)3-4-14(13)19-10-20-16/h3-4,6,8-11H,5,7H2,1-2H3. The molecule has 0 aliphatic rings. The summed E-state index contributed by atoms with van der Waals surface area (Å²) in [4.78, 5) is 15.7. The highest BCUT2D eigenvalue weighted by atomic mass is 127. The minimum absolute atomic E-state index is 0.371. The van der Waals surface area contributed by atoms with Crippen LogP contribution in [0.4, 0.5) is 5.82 Å². The van der Waals surface area contributed by atoms with E-state index in [1.165, 1.54) is 8.58 Å². The van der Waals surface area contributed by atoms with Crippen molar-refractivity contribution in [2.24, 2.45) is 0 Å². The Balaban J connectivity index is 1.95. The molecule has 6 heteroatoms. The number of benzene rings is 1. The Hall–Kier alpha value is -1.28. The molecule has 0 amide bonds. The van der Waals surface area contributed by atoms with Crippen molar-refractivity contribution in [3.8, 4) is 0 Å². The van der Waals surface area contributed by atoms with E-state index in [1.54, 1.807) is 17.7 Å². The molecular formula is C16H17IN4S. The first kappa shape index (κ1) is 15.6. The molecule has 0 unspecified atom stereocenters. The van der Waals surface area contributed by atoms with E-state index in [-0.39, 0.29) is 0 Å². The highest BCUT2D eigenvalue weighted by molar-refractivity contribution is 14.1. The number of aromatic nitrogens is 3. The van der Waals surface area contributed by atoms with Crippen LogP contribution in [0.1, 0.15) is 18.9 Å². The molecule has 2 aromatic heterocycles. The molecule has 0 saturated carbocycles. The Bertz CT molecular complexity index is 758. The van der Waals surface area contributed by atoms with Crippen molar-refractivity contribution in [1.82, 2.24) is 15.0 Å². The zero-order chi connectivity index (χ0) is 15.5. The summed E-state index contributed by atoms with van der Waals surface area (Å²) in [6, 6.07) is 6.66. The number of fused-ring (bicyclic) bond motifs is 1. The van der Waals surface area contributed by atoms with Gasteiger partial charge in [0.05, 0.1) is 10.5 Å². The van der Waals surface area contributed by atoms with E-state index >= 15 is 0 Å². The molecule has 0 spiro atoms. The smallest absolute Gasteiger partial charge is 0.140 e. The van der Waals surface area contributed by atoms with Crippen molar-refractivity contribution in [1.29, 1.82) is 0 Å². The Labute approximate surface area is 147 Å². The molecule has 0 atom stereocenters. The predicted octanol–water partition coefficient (Wildman–Crippen LogP) is 4.15. The van der Waals surface area contributed by atoms with Crippen molar-refractivity contribution in [2.45, 2.75) is 26.3 Å². The van der Waals surface area contributed by atoms with Gasteiger partial charge < -0.3 is 4.90 Å². The molecule has 114 valence electrons. The van der Waals surface area contributed by atoms with Gasteiger partial charge in [-0.3, -0.25) is 0 Å². The summed E-state index contributed by atoms with van der Waals surface area (Å²) in [6.45, 7) is 5.30. The molecule has 0 fully saturated rings. The number of halogens is 1. The van der Waals surface area contributed by atoms with Crippen molar-refractivity contribution in [3.63, 3.8) is 0 Å². The topological polar surface area (TPSA) is 41.9 Å². The third-order valence-corrected chi connectivity index (χ3v) is 5.03. The van der Waals surface area contributed by atoms with Crippen LogP contribution in [0.5, 0.6) is 0 Å². The second kappa shape index (κ2) is 6.87. The summed E-state index contributed by atoms with van der Waals surface area (Å²) in [5, 5.41) is 4.30. The number of nitrogens with zero attached hydrogens (tertiary/aromatic N) is 4. The fourth-order valence-corrected chi connectivity index (χ4v) is 3.55. The molecule has 22 heavy (non-hydrogen) atoms. The van der Waals surface area contributed by atoms with E-state index in [0.29, 0.717) is 6.04 Å². The Morgan fingerprint density at radius 3 is 2.82 bits per heavy atom. The number of anilines is 1. The van der Waals surface area contributed by atoms with Gasteiger partial charge in [-0.05, 0) is 54.6 Å². The van der Waals surface area contributed by atoms with E-state index < -0.39 is 0 Å². The van der Waals surface area contributed by atoms with Crippen LogP contribution in [0, 0.1) is 3.57 Å². The first-order chi connectivity index (χ1) is 10.6. The number of rotatable bonds is 5. The molecule has 4 nitrogen and oxygen atoms in total. The Morgan fingerprint density at radius 2 is 2.09 bits per heavy atom. The first-order valence-electron chi connectivity index (χ1n) is 7.20. The molecule has 0 aliphatic heterocycles. The lowest BCUT2D eigenvalue weighted by atomic mass is 10.2. The van der Waals surface area contributed by atoms with Crippen LogP contribution in [0.3, 0.4) is 0 Å². The number of hydrogen-bond acceptors (Lipinski definition) is 5. The van der Waals surface area contributed by atoms with E-state index in [1.807, 2.05) is 11.6 Å². The second-order valence-corrected chi connectivity index (χ2v) is 7.55. The molecular weight excluding hydrogens is 407 g/mol. The van der Waals surface area contributed by atoms with Crippen LogP contribution in [-0.2, 0) is 6.42 Å². The third kappa shape index (κ3) is 3.38. The average molecular weight is 424 g/mol. The summed E-state index contributed by atoms with van der Waals surface area (Å²) >= 11 is 4.04. The third-order valence-electron chi connectivity index (χ3n) is 3.52. The predicted molar refractivity (Wildman–Crippen MR) is 101 cm³/mol. The van der Waals surface area contributed by atoms with Crippen molar-refractivity contribution in [2.75, 3.05) is 11.4 Å². The zero-order valence-electron chi connectivity index (χ0n) is 12.5. The van der Waals surface area contributed by atoms with Gasteiger partial charge in [-0.2, -0.15) is 0 Å². The SMILES string of the molecule is CC(C)N(CCc1nccs1)c1ncnc2ccc(I)cc12. The lowest BCUT2D eigenvalue weighted by molar-refractivity contribution is 0.670. The zero-order valence-corrected chi connectivity index (χ0v) is 15.5. The molecule has 0 radical (unpaired) electrons. The lowest BCUT2D eigenvalue weighted by Crippen LogP contribution is -2.33. The fraction of sp³-hybridized carbons (Fsp3) is 0.312. The minimum Gasteiger partial charge on any atom is -0.353 e. The molecule has 3 rings (SSSR count). The molecule has 0 saturated heterocycles. The van der Waals surface area contributed by atoms with Gasteiger partial charge in [-0.25, -0.2) is 15.0 Å². The van der Waals surface area contributed by atoms with Gasteiger partial charge in [0.15, 0.2) is 0 Å². The maximum Gasteiger partial charge on any atom is 0.140 e. The fourth-order valence-electron chi connectivity index (χ4n) is 2.45. The lowest BCUT2D eigenvalue weighted by Gasteiger charge is -2.28. The molecule has 0 aliphatic carbocycles. The number of thiazole rings is 1. The van der Waals surface area contributed by atoms with Crippen LogP contribution in [0.2, 0.25) is 0 Å². The van der Waals surface area contributed by atoms with E-state index in [9.17, 15) is 0 Å². The van der Waals surface area contributed by atoms with E-state index in [0.717, 1.165) is 29.7 Å². The monoisotopic (exact) mass is 424 g/mol. The summed E-state index contributed by atoms with van der Waals surface area (Å²) in [5.41, 5.74) is 0.991. The van der Waals surface area contributed by atoms with Crippen LogP contribution < -0.4 is 4.90 Å². The van der Waals surface area contributed by atoms with Gasteiger partial charge in [0.1, 0.15) is 12.1 Å². The van der Waals surface area contributed by atoms with Crippen LogP contribution >= 0.6 is 33.9 Å². The molecule has 0 bridgehead atoms. The molecule has 0 N–H and O–H groups in total. The molecule has 2 heterocycles. The number of hydrogen-bond donors (Lipinski definition) is 0. The van der Waals surface area contributed by atoms with Crippen molar-refractivity contribution < 1.29 is 0 Å². The molecule has 1 aromatic carbocycles. The van der Waals surface area contributed by atoms with Gasteiger partial charge in [0.2, 0.25) is 0 Å². The highest BCUT2D eigenvalue weighted by Gasteiger charge is 2.16. The summed E-state index contributed by atoms with van der Waals surface area (Å²) < 4.78 is 1.20. The maximum atomic E-state index is 4.56. The summed E-state index contributed by atoms with van der Waals surface area (Å²) in [5.74, 6) is 1.01. The van der Waals surface area contributed by atoms with E-state index in [2.05, 4.69) is 74.5 Å². The second-order valence-electron chi connectivity index (χ2n) is 5.32. The Morgan fingerprint density at radius 1 is 1.23 bits per heavy atom.